The van der Waals surface area contributed by atoms with E-state index in [0.717, 1.165) is 43.1 Å². The maximum Gasteiger partial charge on any atom is 0.141 e. The Balaban J connectivity index is 2.71. The van der Waals surface area contributed by atoms with Crippen molar-refractivity contribution in [3.8, 4) is 5.75 Å². The number of ether oxygens (including phenoxy) is 1. The van der Waals surface area contributed by atoms with Gasteiger partial charge >= 0.3 is 0 Å². The van der Waals surface area contributed by atoms with Crippen molar-refractivity contribution in [2.45, 2.75) is 46.6 Å². The molecule has 1 aromatic rings. The van der Waals surface area contributed by atoms with E-state index in [1.807, 2.05) is 19.1 Å². The van der Waals surface area contributed by atoms with Crippen LogP contribution in [0.25, 0.3) is 0 Å². The average Bonchev–Trinajstić information content (AvgIpc) is 2.35. The van der Waals surface area contributed by atoms with Crippen molar-refractivity contribution < 1.29 is 4.74 Å². The average molecular weight is 236 g/mol. The summed E-state index contributed by atoms with van der Waals surface area (Å²) in [5.74, 6) is 0.933. The molecule has 3 nitrogen and oxygen atoms in total. The van der Waals surface area contributed by atoms with E-state index in [0.29, 0.717) is 0 Å². The lowest BCUT2D eigenvalue weighted by Gasteiger charge is -2.19. The predicted octanol–water partition coefficient (Wildman–Crippen LogP) is 2.72. The zero-order valence-corrected chi connectivity index (χ0v) is 11.4. The monoisotopic (exact) mass is 236 g/mol. The molecule has 0 saturated heterocycles. The molecular weight excluding hydrogens is 212 g/mol. The largest absolute Gasteiger partial charge is 0.487 e. The molecule has 0 radical (unpaired) electrons. The fourth-order valence-electron chi connectivity index (χ4n) is 1.71. The van der Waals surface area contributed by atoms with E-state index in [9.17, 15) is 0 Å². The molecule has 0 fully saturated rings. The highest BCUT2D eigenvalue weighted by molar-refractivity contribution is 5.29. The minimum Gasteiger partial charge on any atom is -0.487 e. The number of hydrogen-bond acceptors (Lipinski definition) is 3. The number of likely N-dealkylation sites (N-methyl/N-ethyl adjacent to an activating group) is 1. The molecule has 1 atom stereocenters. The zero-order valence-electron chi connectivity index (χ0n) is 11.4. The van der Waals surface area contributed by atoms with Gasteiger partial charge in [0.25, 0.3) is 0 Å². The first-order valence-electron chi connectivity index (χ1n) is 6.55. The maximum atomic E-state index is 6.02. The fourth-order valence-corrected chi connectivity index (χ4v) is 1.71. The van der Waals surface area contributed by atoms with Gasteiger partial charge in [0.1, 0.15) is 11.9 Å². The second kappa shape index (κ2) is 7.28. The first kappa shape index (κ1) is 14.0. The molecule has 17 heavy (non-hydrogen) atoms. The normalized spacial score (nSPS) is 12.5. The minimum atomic E-state index is 0.227. The summed E-state index contributed by atoms with van der Waals surface area (Å²) < 4.78 is 6.02. The van der Waals surface area contributed by atoms with Crippen LogP contribution >= 0.6 is 0 Å². The molecule has 1 heterocycles. The first-order valence-corrected chi connectivity index (χ1v) is 6.55. The molecule has 1 rings (SSSR count). The van der Waals surface area contributed by atoms with Crippen molar-refractivity contribution in [1.82, 2.24) is 10.3 Å². The van der Waals surface area contributed by atoms with Gasteiger partial charge in [-0.3, -0.25) is 4.98 Å². The van der Waals surface area contributed by atoms with Gasteiger partial charge in [-0.05, 0) is 38.4 Å². The lowest BCUT2D eigenvalue weighted by Crippen LogP contribution is -2.31. The minimum absolute atomic E-state index is 0.227. The summed E-state index contributed by atoms with van der Waals surface area (Å²) in [7, 11) is 0. The van der Waals surface area contributed by atoms with Crippen molar-refractivity contribution in [1.29, 1.82) is 0 Å². The Hall–Kier alpha value is -1.09. The van der Waals surface area contributed by atoms with Gasteiger partial charge in [0.2, 0.25) is 0 Å². The molecule has 0 aliphatic rings. The predicted molar refractivity (Wildman–Crippen MR) is 71.6 cm³/mol. The SMILES string of the molecule is CCNCC(CC)Oc1ccc(C)nc1CC. The van der Waals surface area contributed by atoms with Crippen LogP contribution in [-0.2, 0) is 6.42 Å². The number of hydrogen-bond donors (Lipinski definition) is 1. The summed E-state index contributed by atoms with van der Waals surface area (Å²) in [6, 6.07) is 4.05. The molecule has 96 valence electrons. The van der Waals surface area contributed by atoms with E-state index in [2.05, 4.69) is 31.1 Å². The number of nitrogens with zero attached hydrogens (tertiary/aromatic N) is 1. The van der Waals surface area contributed by atoms with Crippen molar-refractivity contribution in [3.05, 3.63) is 23.5 Å². The molecule has 1 unspecified atom stereocenters. The number of aromatic nitrogens is 1. The van der Waals surface area contributed by atoms with Crippen molar-refractivity contribution >= 4 is 0 Å². The lowest BCUT2D eigenvalue weighted by molar-refractivity contribution is 0.191. The van der Waals surface area contributed by atoms with Crippen molar-refractivity contribution in [2.75, 3.05) is 13.1 Å². The topological polar surface area (TPSA) is 34.1 Å². The van der Waals surface area contributed by atoms with Gasteiger partial charge < -0.3 is 10.1 Å². The summed E-state index contributed by atoms with van der Waals surface area (Å²) in [5.41, 5.74) is 2.11. The molecular formula is C14H24N2O. The molecule has 1 N–H and O–H groups in total. The Morgan fingerprint density at radius 1 is 1.29 bits per heavy atom. The van der Waals surface area contributed by atoms with Gasteiger partial charge in [0.15, 0.2) is 0 Å². The fraction of sp³-hybridized carbons (Fsp3) is 0.643. The van der Waals surface area contributed by atoms with Crippen LogP contribution in [0.1, 0.15) is 38.6 Å². The molecule has 0 bridgehead atoms. The van der Waals surface area contributed by atoms with E-state index >= 15 is 0 Å². The third kappa shape index (κ3) is 4.35. The number of aryl methyl sites for hydroxylation is 2. The van der Waals surface area contributed by atoms with Gasteiger partial charge in [-0.2, -0.15) is 0 Å². The third-order valence-corrected chi connectivity index (χ3v) is 2.78. The Labute approximate surface area is 105 Å². The molecule has 1 aromatic heterocycles. The van der Waals surface area contributed by atoms with Crippen LogP contribution in [0.3, 0.4) is 0 Å². The van der Waals surface area contributed by atoms with Crippen LogP contribution in [0, 0.1) is 6.92 Å². The van der Waals surface area contributed by atoms with Crippen LogP contribution in [0.15, 0.2) is 12.1 Å². The molecule has 0 saturated carbocycles. The standard InChI is InChI=1S/C14H24N2O/c1-5-12(10-15-7-3)17-14-9-8-11(4)16-13(14)6-2/h8-9,12,15H,5-7,10H2,1-4H3. The van der Waals surface area contributed by atoms with Crippen molar-refractivity contribution in [3.63, 3.8) is 0 Å². The highest BCUT2D eigenvalue weighted by Crippen LogP contribution is 2.19. The first-order chi connectivity index (χ1) is 8.21. The third-order valence-electron chi connectivity index (χ3n) is 2.78. The van der Waals surface area contributed by atoms with Gasteiger partial charge in [-0.15, -0.1) is 0 Å². The van der Waals surface area contributed by atoms with Crippen LogP contribution in [0.2, 0.25) is 0 Å². The molecule has 0 aliphatic carbocycles. The molecule has 0 amide bonds. The smallest absolute Gasteiger partial charge is 0.141 e. The molecule has 3 heteroatoms. The highest BCUT2D eigenvalue weighted by Gasteiger charge is 2.10. The summed E-state index contributed by atoms with van der Waals surface area (Å²) in [6.45, 7) is 10.3. The highest BCUT2D eigenvalue weighted by atomic mass is 16.5. The quantitative estimate of drug-likeness (QED) is 0.790. The zero-order chi connectivity index (χ0) is 12.7. The summed E-state index contributed by atoms with van der Waals surface area (Å²) >= 11 is 0. The van der Waals surface area contributed by atoms with Gasteiger partial charge in [-0.1, -0.05) is 20.8 Å². The summed E-state index contributed by atoms with van der Waals surface area (Å²) in [6.07, 6.45) is 2.14. The Kier molecular flexibility index (Phi) is 5.98. The van der Waals surface area contributed by atoms with Gasteiger partial charge in [-0.25, -0.2) is 0 Å². The van der Waals surface area contributed by atoms with Gasteiger partial charge in [0, 0.05) is 12.2 Å². The maximum absolute atomic E-state index is 6.02. The van der Waals surface area contributed by atoms with E-state index in [-0.39, 0.29) is 6.10 Å². The second-order valence-corrected chi connectivity index (χ2v) is 4.21. The lowest BCUT2D eigenvalue weighted by atomic mass is 10.2. The van der Waals surface area contributed by atoms with E-state index in [1.54, 1.807) is 0 Å². The number of pyridine rings is 1. The second-order valence-electron chi connectivity index (χ2n) is 4.21. The van der Waals surface area contributed by atoms with Crippen LogP contribution in [0.4, 0.5) is 0 Å². The van der Waals surface area contributed by atoms with E-state index in [1.165, 1.54) is 0 Å². The Morgan fingerprint density at radius 2 is 2.06 bits per heavy atom. The van der Waals surface area contributed by atoms with Crippen LogP contribution < -0.4 is 10.1 Å². The summed E-state index contributed by atoms with van der Waals surface area (Å²) in [4.78, 5) is 4.51. The van der Waals surface area contributed by atoms with E-state index in [4.69, 9.17) is 4.74 Å². The summed E-state index contributed by atoms with van der Waals surface area (Å²) in [5, 5.41) is 3.32. The number of nitrogens with one attached hydrogen (secondary N) is 1. The molecule has 0 spiro atoms. The van der Waals surface area contributed by atoms with Crippen molar-refractivity contribution in [2.24, 2.45) is 0 Å². The Morgan fingerprint density at radius 3 is 2.65 bits per heavy atom. The number of rotatable bonds is 7. The van der Waals surface area contributed by atoms with E-state index < -0.39 is 0 Å². The Bertz CT molecular complexity index is 339. The van der Waals surface area contributed by atoms with Crippen LogP contribution in [-0.4, -0.2) is 24.2 Å². The van der Waals surface area contributed by atoms with Gasteiger partial charge in [0.05, 0.1) is 5.69 Å². The molecule has 0 aromatic carbocycles. The molecule has 0 aliphatic heterocycles. The van der Waals surface area contributed by atoms with Crippen LogP contribution in [0.5, 0.6) is 5.75 Å².